The monoisotopic (exact) mass is 300 g/mol. The average molecular weight is 300 g/mol. The molecule has 1 atom stereocenters. The van der Waals surface area contributed by atoms with Crippen LogP contribution in [0.1, 0.15) is 12.8 Å². The van der Waals surface area contributed by atoms with Crippen LogP contribution in [0.2, 0.25) is 0 Å². The molecule has 0 radical (unpaired) electrons. The summed E-state index contributed by atoms with van der Waals surface area (Å²) in [5.74, 6) is -24.1. The Balaban J connectivity index is 5.26. The lowest BCUT2D eigenvalue weighted by Crippen LogP contribution is -2.61. The van der Waals surface area contributed by atoms with Crippen molar-refractivity contribution >= 4 is 11.9 Å². The quantitative estimate of drug-likeness (QED) is 0.707. The summed E-state index contributed by atoms with van der Waals surface area (Å²) >= 11 is 0. The largest absolute Gasteiger partial charge is 0.481 e. The van der Waals surface area contributed by atoms with Gasteiger partial charge in [0.1, 0.15) is 0 Å². The molecule has 0 rings (SSSR count). The van der Waals surface area contributed by atoms with E-state index >= 15 is 0 Å². The average Bonchev–Trinajstić information content (AvgIpc) is 2.24. The van der Waals surface area contributed by atoms with Crippen LogP contribution in [0.25, 0.3) is 0 Å². The van der Waals surface area contributed by atoms with Gasteiger partial charge in [-0.15, -0.1) is 0 Å². The first-order chi connectivity index (χ1) is 8.28. The predicted octanol–water partition coefficient (Wildman–Crippen LogP) is 2.18. The molecule has 0 spiro atoms. The molecule has 0 aromatic heterocycles. The topological polar surface area (TPSA) is 74.6 Å². The van der Waals surface area contributed by atoms with Crippen LogP contribution in [0, 0.1) is 0 Å². The second kappa shape index (κ2) is 5.21. The van der Waals surface area contributed by atoms with Gasteiger partial charge in [-0.05, 0) is 6.42 Å². The van der Waals surface area contributed by atoms with Crippen LogP contribution in [0.4, 0.5) is 30.7 Å². The van der Waals surface area contributed by atoms with E-state index in [-0.39, 0.29) is 0 Å². The minimum atomic E-state index is -6.51. The number of rotatable bonds is 7. The van der Waals surface area contributed by atoms with E-state index in [1.165, 1.54) is 0 Å². The molecule has 4 nitrogen and oxygen atoms in total. The highest BCUT2D eigenvalue weighted by atomic mass is 19.3. The zero-order chi connectivity index (χ0) is 15.6. The number of hydrogen-bond acceptors (Lipinski definition) is 2. The van der Waals surface area contributed by atoms with Crippen molar-refractivity contribution in [2.45, 2.75) is 36.8 Å². The minimum absolute atomic E-state index is 1.31. The lowest BCUT2D eigenvalue weighted by Gasteiger charge is -2.32. The molecule has 0 aliphatic heterocycles. The van der Waals surface area contributed by atoms with Gasteiger partial charge in [-0.2, -0.15) is 26.3 Å². The van der Waals surface area contributed by atoms with Crippen molar-refractivity contribution in [1.82, 2.24) is 0 Å². The molecule has 1 unspecified atom stereocenters. The van der Waals surface area contributed by atoms with E-state index in [1.54, 1.807) is 0 Å². The molecule has 11 heteroatoms. The van der Waals surface area contributed by atoms with Gasteiger partial charge in [0.25, 0.3) is 0 Å². The SMILES string of the molecule is O=C(O)CCC(F)C(F)(F)C(F)(F)C(F)(F)C(=O)O. The molecule has 0 aromatic rings. The fourth-order valence-electron chi connectivity index (χ4n) is 0.972. The Labute approximate surface area is 100 Å². The molecule has 0 saturated heterocycles. The fraction of sp³-hybridized carbons (Fsp3) is 0.750. The van der Waals surface area contributed by atoms with E-state index in [4.69, 9.17) is 10.2 Å². The van der Waals surface area contributed by atoms with Crippen LogP contribution >= 0.6 is 0 Å². The van der Waals surface area contributed by atoms with Gasteiger partial charge in [0.2, 0.25) is 0 Å². The number of carbonyl (C=O) groups is 2. The number of carboxylic acid groups (broad SMARTS) is 2. The van der Waals surface area contributed by atoms with E-state index < -0.39 is 48.7 Å². The Morgan fingerprint density at radius 3 is 1.74 bits per heavy atom. The molecule has 0 aliphatic rings. The molecule has 19 heavy (non-hydrogen) atoms. The lowest BCUT2D eigenvalue weighted by molar-refractivity contribution is -0.318. The lowest BCUT2D eigenvalue weighted by atomic mass is 9.97. The third-order valence-electron chi connectivity index (χ3n) is 2.09. The molecule has 0 fully saturated rings. The van der Waals surface area contributed by atoms with Gasteiger partial charge in [0.05, 0.1) is 0 Å². The third-order valence-corrected chi connectivity index (χ3v) is 2.09. The number of hydrogen-bond donors (Lipinski definition) is 2. The highest BCUT2D eigenvalue weighted by Gasteiger charge is 2.77. The molecule has 0 aromatic carbocycles. The number of alkyl halides is 7. The van der Waals surface area contributed by atoms with E-state index in [0.717, 1.165) is 0 Å². The predicted molar refractivity (Wildman–Crippen MR) is 44.2 cm³/mol. The molecule has 2 N–H and O–H groups in total. The Morgan fingerprint density at radius 1 is 1.00 bits per heavy atom. The number of halogens is 7. The van der Waals surface area contributed by atoms with Gasteiger partial charge in [-0.3, -0.25) is 4.79 Å². The van der Waals surface area contributed by atoms with Crippen molar-refractivity contribution in [2.75, 3.05) is 0 Å². The van der Waals surface area contributed by atoms with Gasteiger partial charge >= 0.3 is 29.7 Å². The van der Waals surface area contributed by atoms with E-state index in [2.05, 4.69) is 0 Å². The van der Waals surface area contributed by atoms with Crippen LogP contribution < -0.4 is 0 Å². The zero-order valence-electron chi connectivity index (χ0n) is 8.85. The van der Waals surface area contributed by atoms with E-state index in [1.807, 2.05) is 0 Å². The van der Waals surface area contributed by atoms with Gasteiger partial charge in [0, 0.05) is 6.42 Å². The number of carboxylic acids is 2. The first-order valence-electron chi connectivity index (χ1n) is 4.51. The summed E-state index contributed by atoms with van der Waals surface area (Å²) in [6.07, 6.45) is -6.93. The molecular formula is C8H7F7O4. The Kier molecular flexibility index (Phi) is 4.79. The summed E-state index contributed by atoms with van der Waals surface area (Å²) in [7, 11) is 0. The Morgan fingerprint density at radius 2 is 1.42 bits per heavy atom. The maximum atomic E-state index is 12.8. The van der Waals surface area contributed by atoms with Crippen LogP contribution in [0.3, 0.4) is 0 Å². The smallest absolute Gasteiger partial charge is 0.410 e. The summed E-state index contributed by atoms with van der Waals surface area (Å²) in [5.41, 5.74) is 0. The fourth-order valence-corrected chi connectivity index (χ4v) is 0.972. The summed E-state index contributed by atoms with van der Waals surface area (Å²) in [4.78, 5) is 19.8. The van der Waals surface area contributed by atoms with E-state index in [0.29, 0.717) is 0 Å². The van der Waals surface area contributed by atoms with Crippen LogP contribution in [0.15, 0.2) is 0 Å². The third kappa shape index (κ3) is 3.07. The summed E-state index contributed by atoms with van der Waals surface area (Å²) in [6, 6.07) is 0. The second-order valence-corrected chi connectivity index (χ2v) is 3.48. The first kappa shape index (κ1) is 17.4. The van der Waals surface area contributed by atoms with Crippen LogP contribution in [-0.4, -0.2) is 46.1 Å². The maximum absolute atomic E-state index is 12.8. The Bertz CT molecular complexity index is 368. The van der Waals surface area contributed by atoms with Crippen molar-refractivity contribution in [2.24, 2.45) is 0 Å². The Hall–Kier alpha value is -1.55. The van der Waals surface area contributed by atoms with Crippen molar-refractivity contribution < 1.29 is 50.5 Å². The molecule has 112 valence electrons. The second-order valence-electron chi connectivity index (χ2n) is 3.48. The first-order valence-corrected chi connectivity index (χ1v) is 4.51. The van der Waals surface area contributed by atoms with Crippen LogP contribution in [-0.2, 0) is 9.59 Å². The van der Waals surface area contributed by atoms with Gasteiger partial charge in [0.15, 0.2) is 6.17 Å². The van der Waals surface area contributed by atoms with Crippen molar-refractivity contribution in [1.29, 1.82) is 0 Å². The highest BCUT2D eigenvalue weighted by Crippen LogP contribution is 2.49. The van der Waals surface area contributed by atoms with Crippen LogP contribution in [0.5, 0.6) is 0 Å². The van der Waals surface area contributed by atoms with Gasteiger partial charge < -0.3 is 10.2 Å². The number of aliphatic carboxylic acids is 2. The normalized spacial score (nSPS) is 15.1. The van der Waals surface area contributed by atoms with E-state index in [9.17, 15) is 40.3 Å². The highest BCUT2D eigenvalue weighted by molar-refractivity contribution is 5.77. The molecule has 0 heterocycles. The summed E-state index contributed by atoms with van der Waals surface area (Å²) < 4.78 is 88.9. The van der Waals surface area contributed by atoms with Crippen molar-refractivity contribution in [3.63, 3.8) is 0 Å². The molecule has 0 bridgehead atoms. The van der Waals surface area contributed by atoms with Gasteiger partial charge in [-0.25, -0.2) is 9.18 Å². The minimum Gasteiger partial charge on any atom is -0.481 e. The standard InChI is InChI=1S/C8H7F7O4/c9-3(1-2-4(16)17)6(10,11)8(14,15)7(12,13)5(18)19/h3H,1-2H2,(H,16,17)(H,18,19). The van der Waals surface area contributed by atoms with Crippen molar-refractivity contribution in [3.8, 4) is 0 Å². The summed E-state index contributed by atoms with van der Waals surface area (Å²) in [5, 5.41) is 15.8. The zero-order valence-corrected chi connectivity index (χ0v) is 8.85. The van der Waals surface area contributed by atoms with Gasteiger partial charge in [-0.1, -0.05) is 0 Å². The molecule has 0 amide bonds. The molecular weight excluding hydrogens is 293 g/mol. The summed E-state index contributed by atoms with van der Waals surface area (Å²) in [6.45, 7) is 0. The van der Waals surface area contributed by atoms with Crippen molar-refractivity contribution in [3.05, 3.63) is 0 Å². The molecule has 0 saturated carbocycles. The molecule has 0 aliphatic carbocycles. The maximum Gasteiger partial charge on any atom is 0.410 e.